The highest BCUT2D eigenvalue weighted by Crippen LogP contribution is 2.29. The van der Waals surface area contributed by atoms with Crippen molar-refractivity contribution in [1.82, 2.24) is 15.6 Å². The number of hydrogen-bond donors (Lipinski definition) is 3. The highest BCUT2D eigenvalue weighted by atomic mass is 16.5. The summed E-state index contributed by atoms with van der Waals surface area (Å²) in [4.78, 5) is 27.8. The second-order valence-corrected chi connectivity index (χ2v) is 7.82. The van der Waals surface area contributed by atoms with Crippen molar-refractivity contribution in [3.8, 4) is 16.9 Å². The third kappa shape index (κ3) is 5.60. The summed E-state index contributed by atoms with van der Waals surface area (Å²) in [5.74, 6) is 0.272. The Morgan fingerprint density at radius 3 is 2.48 bits per heavy atom. The number of carbonyl (C=O) groups excluding carboxylic acids is 2. The number of carbonyl (C=O) groups is 2. The lowest BCUT2D eigenvalue weighted by Gasteiger charge is -2.18. The summed E-state index contributed by atoms with van der Waals surface area (Å²) in [5, 5.41) is 6.70. The molecule has 0 aliphatic carbocycles. The van der Waals surface area contributed by atoms with Gasteiger partial charge in [-0.2, -0.15) is 0 Å². The molecule has 168 valence electrons. The molecule has 0 bridgehead atoms. The van der Waals surface area contributed by atoms with Crippen molar-refractivity contribution in [2.45, 2.75) is 19.4 Å². The topological polar surface area (TPSA) is 83.2 Å². The maximum absolute atomic E-state index is 12.8. The highest BCUT2D eigenvalue weighted by molar-refractivity contribution is 5.89. The number of H-pyrrole nitrogens is 1. The van der Waals surface area contributed by atoms with Gasteiger partial charge in [0.15, 0.2) is 0 Å². The van der Waals surface area contributed by atoms with Gasteiger partial charge in [-0.3, -0.25) is 9.59 Å². The fourth-order valence-corrected chi connectivity index (χ4v) is 3.88. The summed E-state index contributed by atoms with van der Waals surface area (Å²) in [6, 6.07) is 25.1. The van der Waals surface area contributed by atoms with Crippen LogP contribution in [0.5, 0.6) is 5.75 Å². The molecule has 6 heteroatoms. The van der Waals surface area contributed by atoms with Gasteiger partial charge < -0.3 is 20.4 Å². The summed E-state index contributed by atoms with van der Waals surface area (Å²) >= 11 is 0. The van der Waals surface area contributed by atoms with Crippen molar-refractivity contribution in [2.24, 2.45) is 0 Å². The SMILES string of the molecule is CC(=O)N[C@H](Cc1c[nH]c2ccccc12)C(=O)NCCOc1ccccc1-c1ccccc1. The van der Waals surface area contributed by atoms with Crippen molar-refractivity contribution in [3.05, 3.63) is 90.6 Å². The Hall–Kier alpha value is -4.06. The van der Waals surface area contributed by atoms with Gasteiger partial charge in [0.05, 0.1) is 6.54 Å². The standard InChI is InChI=1S/C27H27N3O3/c1-19(31)30-25(17-21-18-29-24-13-7-5-11-22(21)24)27(32)28-15-16-33-26-14-8-6-12-23(26)20-9-3-2-4-10-20/h2-14,18,25,29H,15-17H2,1H3,(H,28,32)(H,30,31)/t25-/m1/s1. The van der Waals surface area contributed by atoms with Gasteiger partial charge in [0.1, 0.15) is 18.4 Å². The predicted octanol–water partition coefficient (Wildman–Crippen LogP) is 4.08. The molecule has 0 saturated carbocycles. The van der Waals surface area contributed by atoms with Crippen LogP contribution in [-0.4, -0.2) is 36.0 Å². The third-order valence-electron chi connectivity index (χ3n) is 5.42. The monoisotopic (exact) mass is 441 g/mol. The van der Waals surface area contributed by atoms with Crippen LogP contribution in [0.2, 0.25) is 0 Å². The fourth-order valence-electron chi connectivity index (χ4n) is 3.88. The molecule has 0 spiro atoms. The van der Waals surface area contributed by atoms with Crippen molar-refractivity contribution in [1.29, 1.82) is 0 Å². The molecule has 1 aromatic heterocycles. The molecule has 33 heavy (non-hydrogen) atoms. The van der Waals surface area contributed by atoms with Crippen molar-refractivity contribution in [3.63, 3.8) is 0 Å². The van der Waals surface area contributed by atoms with Crippen molar-refractivity contribution in [2.75, 3.05) is 13.2 Å². The Kier molecular flexibility index (Phi) is 7.05. The van der Waals surface area contributed by atoms with Crippen LogP contribution >= 0.6 is 0 Å². The molecule has 0 saturated heterocycles. The lowest BCUT2D eigenvalue weighted by Crippen LogP contribution is -2.48. The zero-order valence-corrected chi connectivity index (χ0v) is 18.5. The number of benzene rings is 3. The molecule has 3 N–H and O–H groups in total. The van der Waals surface area contributed by atoms with Crippen LogP contribution in [0, 0.1) is 0 Å². The zero-order valence-electron chi connectivity index (χ0n) is 18.5. The number of ether oxygens (including phenoxy) is 1. The van der Waals surface area contributed by atoms with Crippen LogP contribution in [-0.2, 0) is 16.0 Å². The highest BCUT2D eigenvalue weighted by Gasteiger charge is 2.21. The van der Waals surface area contributed by atoms with Crippen molar-refractivity contribution < 1.29 is 14.3 Å². The van der Waals surface area contributed by atoms with Gasteiger partial charge in [0, 0.05) is 36.0 Å². The van der Waals surface area contributed by atoms with Crippen molar-refractivity contribution >= 4 is 22.7 Å². The lowest BCUT2D eigenvalue weighted by molar-refractivity contribution is -0.128. The van der Waals surface area contributed by atoms with E-state index in [-0.39, 0.29) is 11.8 Å². The molecule has 0 aliphatic rings. The molecular formula is C27H27N3O3. The Morgan fingerprint density at radius 2 is 1.67 bits per heavy atom. The second kappa shape index (κ2) is 10.5. The Labute approximate surface area is 193 Å². The number of para-hydroxylation sites is 2. The number of fused-ring (bicyclic) bond motifs is 1. The summed E-state index contributed by atoms with van der Waals surface area (Å²) < 4.78 is 5.96. The fraction of sp³-hybridized carbons (Fsp3) is 0.185. The number of aromatic nitrogens is 1. The van der Waals surface area contributed by atoms with E-state index in [9.17, 15) is 9.59 Å². The first-order valence-corrected chi connectivity index (χ1v) is 11.0. The first-order chi connectivity index (χ1) is 16.1. The number of hydrogen-bond acceptors (Lipinski definition) is 3. The van der Waals surface area contributed by atoms with Crippen LogP contribution in [0.15, 0.2) is 85.1 Å². The van der Waals surface area contributed by atoms with E-state index in [4.69, 9.17) is 4.74 Å². The van der Waals surface area contributed by atoms with E-state index in [1.165, 1.54) is 6.92 Å². The predicted molar refractivity (Wildman–Crippen MR) is 130 cm³/mol. The summed E-state index contributed by atoms with van der Waals surface area (Å²) in [6.45, 7) is 2.06. The van der Waals surface area contributed by atoms with Gasteiger partial charge in [-0.1, -0.05) is 66.7 Å². The van der Waals surface area contributed by atoms with Gasteiger partial charge in [0.25, 0.3) is 0 Å². The van der Waals surface area contributed by atoms with E-state index >= 15 is 0 Å². The van der Waals surface area contributed by atoms with E-state index in [1.807, 2.05) is 85.1 Å². The van der Waals surface area contributed by atoms with Gasteiger partial charge in [-0.05, 0) is 23.3 Å². The van der Waals surface area contributed by atoms with Gasteiger partial charge in [0.2, 0.25) is 11.8 Å². The molecule has 0 aliphatic heterocycles. The third-order valence-corrected chi connectivity index (χ3v) is 5.42. The average molecular weight is 442 g/mol. The first-order valence-electron chi connectivity index (χ1n) is 11.0. The number of nitrogens with one attached hydrogen (secondary N) is 3. The maximum atomic E-state index is 12.8. The van der Waals surface area contributed by atoms with Gasteiger partial charge >= 0.3 is 0 Å². The molecule has 1 atom stereocenters. The molecule has 4 aromatic rings. The van der Waals surface area contributed by atoms with Crippen LogP contribution in [0.4, 0.5) is 0 Å². The van der Waals surface area contributed by atoms with Gasteiger partial charge in [-0.25, -0.2) is 0 Å². The Morgan fingerprint density at radius 1 is 0.939 bits per heavy atom. The van der Waals surface area contributed by atoms with Crippen LogP contribution in [0.25, 0.3) is 22.0 Å². The minimum atomic E-state index is -0.668. The second-order valence-electron chi connectivity index (χ2n) is 7.82. The summed E-state index contributed by atoms with van der Waals surface area (Å²) in [5.41, 5.74) is 4.05. The molecule has 6 nitrogen and oxygen atoms in total. The van der Waals surface area contributed by atoms with E-state index in [0.29, 0.717) is 19.6 Å². The Bertz CT molecular complexity index is 1230. The summed E-state index contributed by atoms with van der Waals surface area (Å²) in [6.07, 6.45) is 2.28. The molecule has 4 rings (SSSR count). The minimum Gasteiger partial charge on any atom is -0.491 e. The largest absolute Gasteiger partial charge is 0.491 e. The zero-order chi connectivity index (χ0) is 23.0. The number of amides is 2. The molecular weight excluding hydrogens is 414 g/mol. The van der Waals surface area contributed by atoms with Crippen LogP contribution in [0.1, 0.15) is 12.5 Å². The van der Waals surface area contributed by atoms with Gasteiger partial charge in [-0.15, -0.1) is 0 Å². The molecule has 3 aromatic carbocycles. The molecule has 0 radical (unpaired) electrons. The first kappa shape index (κ1) is 22.1. The number of aromatic amines is 1. The molecule has 0 unspecified atom stereocenters. The lowest BCUT2D eigenvalue weighted by atomic mass is 10.0. The van der Waals surface area contributed by atoms with E-state index in [0.717, 1.165) is 33.3 Å². The summed E-state index contributed by atoms with van der Waals surface area (Å²) in [7, 11) is 0. The Balaban J connectivity index is 1.36. The smallest absolute Gasteiger partial charge is 0.243 e. The quantitative estimate of drug-likeness (QED) is 0.342. The van der Waals surface area contributed by atoms with Crippen LogP contribution < -0.4 is 15.4 Å². The molecule has 2 amide bonds. The molecule has 1 heterocycles. The van der Waals surface area contributed by atoms with E-state index in [1.54, 1.807) is 0 Å². The maximum Gasteiger partial charge on any atom is 0.243 e. The van der Waals surface area contributed by atoms with E-state index in [2.05, 4.69) is 15.6 Å². The average Bonchev–Trinajstić information content (AvgIpc) is 3.24. The molecule has 0 fully saturated rings. The number of rotatable bonds is 9. The minimum absolute atomic E-state index is 0.240. The van der Waals surface area contributed by atoms with E-state index < -0.39 is 6.04 Å². The normalized spacial score (nSPS) is 11.7. The van der Waals surface area contributed by atoms with Crippen LogP contribution in [0.3, 0.4) is 0 Å².